The van der Waals surface area contributed by atoms with Crippen molar-refractivity contribution in [3.05, 3.63) is 29.8 Å². The van der Waals surface area contributed by atoms with Gasteiger partial charge in [0, 0.05) is 18.3 Å². The summed E-state index contributed by atoms with van der Waals surface area (Å²) in [6.45, 7) is 0.851. The lowest BCUT2D eigenvalue weighted by molar-refractivity contribution is -0.117. The number of nitrogens with one attached hydrogen (secondary N) is 1. The zero-order valence-electron chi connectivity index (χ0n) is 13.3. The van der Waals surface area contributed by atoms with Crippen molar-refractivity contribution in [2.24, 2.45) is 10.7 Å². The molecule has 1 aliphatic heterocycles. The van der Waals surface area contributed by atoms with Crippen LogP contribution in [0.5, 0.6) is 0 Å². The molecule has 1 heterocycles. The van der Waals surface area contributed by atoms with E-state index in [1.54, 1.807) is 0 Å². The van der Waals surface area contributed by atoms with Crippen molar-refractivity contribution in [3.63, 3.8) is 0 Å². The minimum atomic E-state index is 0. The molecule has 23 heavy (non-hydrogen) atoms. The molecule has 0 atom stereocenters. The molecule has 0 bridgehead atoms. The van der Waals surface area contributed by atoms with Crippen molar-refractivity contribution in [2.75, 3.05) is 18.0 Å². The highest BCUT2D eigenvalue weighted by molar-refractivity contribution is 14.0. The number of hydrogen-bond acceptors (Lipinski definition) is 2. The van der Waals surface area contributed by atoms with Gasteiger partial charge in [0.1, 0.15) is 6.54 Å². The Labute approximate surface area is 154 Å². The Hall–Kier alpha value is -1.31. The zero-order valence-corrected chi connectivity index (χ0v) is 15.7. The molecule has 6 heteroatoms. The van der Waals surface area contributed by atoms with E-state index in [4.69, 9.17) is 5.73 Å². The van der Waals surface area contributed by atoms with E-state index in [1.807, 2.05) is 23.1 Å². The van der Waals surface area contributed by atoms with Gasteiger partial charge >= 0.3 is 0 Å². The first-order chi connectivity index (χ1) is 10.7. The molecule has 0 radical (unpaired) electrons. The number of benzene rings is 1. The SMILES string of the molecule is I.NC(=NCC(=O)N1CCc2ccccc21)NC1CCCCC1. The van der Waals surface area contributed by atoms with Gasteiger partial charge in [0.15, 0.2) is 5.96 Å². The van der Waals surface area contributed by atoms with Gasteiger partial charge in [-0.1, -0.05) is 37.5 Å². The third-order valence-corrected chi connectivity index (χ3v) is 4.53. The molecule has 3 N–H and O–H groups in total. The zero-order chi connectivity index (χ0) is 15.4. The molecule has 0 aromatic heterocycles. The van der Waals surface area contributed by atoms with Crippen LogP contribution in [0.2, 0.25) is 0 Å². The van der Waals surface area contributed by atoms with Crippen LogP contribution in [0.1, 0.15) is 37.7 Å². The number of guanidine groups is 1. The van der Waals surface area contributed by atoms with Gasteiger partial charge in [-0.25, -0.2) is 4.99 Å². The topological polar surface area (TPSA) is 70.7 Å². The number of rotatable bonds is 3. The highest BCUT2D eigenvalue weighted by Gasteiger charge is 2.23. The van der Waals surface area contributed by atoms with E-state index in [-0.39, 0.29) is 36.4 Å². The Bertz CT molecular complexity index is 569. The average Bonchev–Trinajstić information content (AvgIpc) is 2.98. The number of hydrogen-bond donors (Lipinski definition) is 2. The number of carbonyl (C=O) groups excluding carboxylic acids is 1. The quantitative estimate of drug-likeness (QED) is 0.442. The van der Waals surface area contributed by atoms with Crippen LogP contribution < -0.4 is 16.0 Å². The molecule has 1 fully saturated rings. The van der Waals surface area contributed by atoms with E-state index in [0.29, 0.717) is 12.0 Å². The van der Waals surface area contributed by atoms with Gasteiger partial charge in [-0.15, -0.1) is 24.0 Å². The van der Waals surface area contributed by atoms with Gasteiger partial charge in [-0.2, -0.15) is 0 Å². The third-order valence-electron chi connectivity index (χ3n) is 4.53. The van der Waals surface area contributed by atoms with Gasteiger partial charge < -0.3 is 16.0 Å². The second kappa shape index (κ2) is 8.52. The van der Waals surface area contributed by atoms with Crippen LogP contribution in [0.25, 0.3) is 0 Å². The number of aliphatic imine (C=N–C) groups is 1. The highest BCUT2D eigenvalue weighted by atomic mass is 127. The molecule has 0 unspecified atom stereocenters. The van der Waals surface area contributed by atoms with Crippen molar-refractivity contribution in [2.45, 2.75) is 44.6 Å². The maximum absolute atomic E-state index is 12.3. The van der Waals surface area contributed by atoms with E-state index < -0.39 is 0 Å². The van der Waals surface area contributed by atoms with Gasteiger partial charge in [-0.3, -0.25) is 4.79 Å². The molecule has 2 aliphatic rings. The first kappa shape index (κ1) is 18.0. The van der Waals surface area contributed by atoms with Gasteiger partial charge in [0.2, 0.25) is 5.91 Å². The maximum Gasteiger partial charge on any atom is 0.248 e. The summed E-state index contributed by atoms with van der Waals surface area (Å²) >= 11 is 0. The Morgan fingerprint density at radius 2 is 2.00 bits per heavy atom. The van der Waals surface area contributed by atoms with Crippen LogP contribution in [0.4, 0.5) is 5.69 Å². The minimum absolute atomic E-state index is 0. The maximum atomic E-state index is 12.3. The van der Waals surface area contributed by atoms with Crippen LogP contribution in [-0.4, -0.2) is 31.0 Å². The van der Waals surface area contributed by atoms with Crippen molar-refractivity contribution in [3.8, 4) is 0 Å². The molecule has 5 nitrogen and oxygen atoms in total. The van der Waals surface area contributed by atoms with Gasteiger partial charge in [-0.05, 0) is 30.9 Å². The summed E-state index contributed by atoms with van der Waals surface area (Å²) in [5.41, 5.74) is 8.16. The average molecular weight is 428 g/mol. The minimum Gasteiger partial charge on any atom is -0.370 e. The Balaban J connectivity index is 0.00000192. The summed E-state index contributed by atoms with van der Waals surface area (Å²) < 4.78 is 0. The smallest absolute Gasteiger partial charge is 0.248 e. The number of carbonyl (C=O) groups is 1. The van der Waals surface area contributed by atoms with Crippen LogP contribution >= 0.6 is 24.0 Å². The van der Waals surface area contributed by atoms with Crippen molar-refractivity contribution < 1.29 is 4.79 Å². The van der Waals surface area contributed by atoms with Crippen molar-refractivity contribution in [1.82, 2.24) is 5.32 Å². The van der Waals surface area contributed by atoms with Gasteiger partial charge in [0.25, 0.3) is 0 Å². The number of halogens is 1. The Kier molecular flexibility index (Phi) is 6.68. The molecule has 0 spiro atoms. The summed E-state index contributed by atoms with van der Waals surface area (Å²) in [4.78, 5) is 18.4. The number of nitrogens with two attached hydrogens (primary N) is 1. The first-order valence-corrected chi connectivity index (χ1v) is 8.19. The molecule has 1 saturated carbocycles. The van der Waals surface area contributed by atoms with E-state index in [1.165, 1.54) is 24.8 Å². The molecular weight excluding hydrogens is 403 g/mol. The molecule has 126 valence electrons. The Morgan fingerprint density at radius 1 is 1.26 bits per heavy atom. The van der Waals surface area contributed by atoms with Crippen molar-refractivity contribution >= 4 is 41.5 Å². The highest BCUT2D eigenvalue weighted by Crippen LogP contribution is 2.27. The van der Waals surface area contributed by atoms with Crippen molar-refractivity contribution in [1.29, 1.82) is 0 Å². The van der Waals surface area contributed by atoms with Crippen LogP contribution in [0.15, 0.2) is 29.3 Å². The molecule has 1 aliphatic carbocycles. The van der Waals surface area contributed by atoms with Crippen LogP contribution in [-0.2, 0) is 11.2 Å². The summed E-state index contributed by atoms with van der Waals surface area (Å²) in [5, 5.41) is 3.24. The predicted molar refractivity (Wildman–Crippen MR) is 104 cm³/mol. The van der Waals surface area contributed by atoms with Crippen LogP contribution in [0.3, 0.4) is 0 Å². The first-order valence-electron chi connectivity index (χ1n) is 8.19. The molecule has 1 aromatic rings. The largest absolute Gasteiger partial charge is 0.370 e. The molecule has 0 saturated heterocycles. The number of nitrogens with zero attached hydrogens (tertiary/aromatic N) is 2. The second-order valence-electron chi connectivity index (χ2n) is 6.10. The molecule has 1 amide bonds. The lowest BCUT2D eigenvalue weighted by atomic mass is 9.96. The summed E-state index contributed by atoms with van der Waals surface area (Å²) in [6.07, 6.45) is 7.00. The number of para-hydroxylation sites is 1. The standard InChI is InChI=1S/C17H24N4O.HI/c18-17(20-14-7-2-1-3-8-14)19-12-16(22)21-11-10-13-6-4-5-9-15(13)21;/h4-6,9,14H,1-3,7-8,10-12H2,(H3,18,19,20);1H. The van der Waals surface area contributed by atoms with E-state index in [0.717, 1.165) is 31.5 Å². The lowest BCUT2D eigenvalue weighted by Crippen LogP contribution is -2.42. The van der Waals surface area contributed by atoms with E-state index in [2.05, 4.69) is 16.4 Å². The normalized spacial score (nSPS) is 18.3. The molecule has 1 aromatic carbocycles. The fourth-order valence-electron chi connectivity index (χ4n) is 3.34. The summed E-state index contributed by atoms with van der Waals surface area (Å²) in [5.74, 6) is 0.408. The predicted octanol–water partition coefficient (Wildman–Crippen LogP) is 2.43. The monoisotopic (exact) mass is 428 g/mol. The fourth-order valence-corrected chi connectivity index (χ4v) is 3.34. The van der Waals surface area contributed by atoms with E-state index in [9.17, 15) is 4.79 Å². The van der Waals surface area contributed by atoms with E-state index >= 15 is 0 Å². The molecule has 3 rings (SSSR count). The molecular formula is C17H25IN4O. The second-order valence-corrected chi connectivity index (χ2v) is 6.10. The summed E-state index contributed by atoms with van der Waals surface area (Å²) in [6, 6.07) is 8.46. The van der Waals surface area contributed by atoms with Crippen LogP contribution in [0, 0.1) is 0 Å². The number of amides is 1. The number of anilines is 1. The van der Waals surface area contributed by atoms with Gasteiger partial charge in [0.05, 0.1) is 0 Å². The lowest BCUT2D eigenvalue weighted by Gasteiger charge is -2.23. The summed E-state index contributed by atoms with van der Waals surface area (Å²) in [7, 11) is 0. The number of fused-ring (bicyclic) bond motifs is 1. The fraction of sp³-hybridized carbons (Fsp3) is 0.529. The third kappa shape index (κ3) is 4.59. The Morgan fingerprint density at radius 3 is 2.78 bits per heavy atom.